The number of fused-ring (bicyclic) bond motifs is 4. The molecule has 8 nitrogen and oxygen atoms in total. The number of ether oxygens (including phenoxy) is 1. The Morgan fingerprint density at radius 1 is 1.07 bits per heavy atom. The molecular formula is C28H30F6N4O4S. The molecule has 0 radical (unpaired) electrons. The lowest BCUT2D eigenvalue weighted by Gasteiger charge is -2.62. The Morgan fingerprint density at radius 2 is 1.74 bits per heavy atom. The van der Waals surface area contributed by atoms with Crippen LogP contribution >= 0.6 is 11.3 Å². The number of piperidine rings is 2. The van der Waals surface area contributed by atoms with Crippen LogP contribution in [0.1, 0.15) is 50.5 Å². The quantitative estimate of drug-likeness (QED) is 0.420. The van der Waals surface area contributed by atoms with Crippen LogP contribution in [-0.2, 0) is 26.9 Å². The second-order valence-corrected chi connectivity index (χ2v) is 14.2. The molecule has 2 aromatic heterocycles. The zero-order valence-electron chi connectivity index (χ0n) is 23.6. The average Bonchev–Trinajstić information content (AvgIpc) is 3.20. The zero-order chi connectivity index (χ0) is 31.3. The highest BCUT2D eigenvalue weighted by Crippen LogP contribution is 2.50. The molecular weight excluding hydrogens is 602 g/mol. The summed E-state index contributed by atoms with van der Waals surface area (Å²) in [5.41, 5.74) is -2.54. The molecule has 5 aliphatic rings. The molecule has 1 spiro atoms. The summed E-state index contributed by atoms with van der Waals surface area (Å²) >= 11 is 0.713. The molecule has 2 amide bonds. The second kappa shape index (κ2) is 9.70. The molecule has 0 aromatic carbocycles. The smallest absolute Gasteiger partial charge is 0.419 e. The Hall–Kier alpha value is -3.10. The summed E-state index contributed by atoms with van der Waals surface area (Å²) in [6.07, 6.45) is -9.30. The van der Waals surface area contributed by atoms with Crippen molar-refractivity contribution >= 4 is 45.0 Å². The normalized spacial score (nSPS) is 25.3. The first-order valence-electron chi connectivity index (χ1n) is 14.0. The first kappa shape index (κ1) is 29.9. The second-order valence-electron chi connectivity index (χ2n) is 13.1. The van der Waals surface area contributed by atoms with E-state index in [9.17, 15) is 40.7 Å². The molecule has 4 aliphatic heterocycles. The number of Topliss-reactive ketones (excluding diaryl/α,β-unsaturated/α-hetero) is 1. The number of halogens is 6. The number of pyridine rings is 1. The van der Waals surface area contributed by atoms with Gasteiger partial charge in [0, 0.05) is 66.4 Å². The molecule has 234 valence electrons. The fourth-order valence-electron chi connectivity index (χ4n) is 6.97. The Kier molecular flexibility index (Phi) is 6.76. The molecule has 4 saturated heterocycles. The molecule has 2 bridgehead atoms. The third-order valence-electron chi connectivity index (χ3n) is 8.59. The Balaban J connectivity index is 1.20. The molecule has 43 heavy (non-hydrogen) atoms. The van der Waals surface area contributed by atoms with Gasteiger partial charge in [0.1, 0.15) is 22.3 Å². The fraction of sp³-hybridized carbons (Fsp3) is 0.643. The number of carbonyl (C=O) groups is 3. The maximum absolute atomic E-state index is 14.0. The predicted octanol–water partition coefficient (Wildman–Crippen LogP) is 5.43. The van der Waals surface area contributed by atoms with Gasteiger partial charge in [-0.3, -0.25) is 14.5 Å². The number of ketones is 1. The molecule has 7 rings (SSSR count). The van der Waals surface area contributed by atoms with Crippen LogP contribution in [0.3, 0.4) is 0 Å². The minimum atomic E-state index is -4.77. The van der Waals surface area contributed by atoms with Crippen molar-refractivity contribution in [1.82, 2.24) is 14.8 Å². The average molecular weight is 633 g/mol. The van der Waals surface area contributed by atoms with E-state index in [0.29, 0.717) is 30.4 Å². The molecule has 3 atom stereocenters. The summed E-state index contributed by atoms with van der Waals surface area (Å²) in [6, 6.07) is -0.288. The zero-order valence-corrected chi connectivity index (χ0v) is 24.5. The summed E-state index contributed by atoms with van der Waals surface area (Å²) in [4.78, 5) is 47.7. The van der Waals surface area contributed by atoms with E-state index >= 15 is 0 Å². The highest BCUT2D eigenvalue weighted by molar-refractivity contribution is 7.18. The minimum absolute atomic E-state index is 0.0194. The van der Waals surface area contributed by atoms with Crippen LogP contribution < -0.4 is 4.90 Å². The first-order chi connectivity index (χ1) is 19.8. The topological polar surface area (TPSA) is 83.0 Å². The lowest BCUT2D eigenvalue weighted by Crippen LogP contribution is -2.76. The highest BCUT2D eigenvalue weighted by atomic mass is 32.1. The van der Waals surface area contributed by atoms with Gasteiger partial charge in [-0.05, 0) is 39.7 Å². The number of rotatable bonds is 3. The molecule has 0 unspecified atom stereocenters. The van der Waals surface area contributed by atoms with E-state index in [1.54, 1.807) is 20.8 Å². The van der Waals surface area contributed by atoms with Crippen LogP contribution in [0, 0.1) is 11.3 Å². The van der Waals surface area contributed by atoms with Crippen LogP contribution in [0.25, 0.3) is 10.2 Å². The van der Waals surface area contributed by atoms with Crippen LogP contribution in [0.5, 0.6) is 0 Å². The molecule has 0 N–H and O–H groups in total. The predicted molar refractivity (Wildman–Crippen MR) is 144 cm³/mol. The van der Waals surface area contributed by atoms with Crippen molar-refractivity contribution in [2.24, 2.45) is 11.3 Å². The van der Waals surface area contributed by atoms with Gasteiger partial charge in [0.25, 0.3) is 0 Å². The number of aromatic nitrogens is 1. The summed E-state index contributed by atoms with van der Waals surface area (Å²) in [5, 5.41) is 0.0194. The van der Waals surface area contributed by atoms with Crippen molar-refractivity contribution in [3.63, 3.8) is 0 Å². The van der Waals surface area contributed by atoms with E-state index in [1.807, 2.05) is 0 Å². The monoisotopic (exact) mass is 632 g/mol. The SMILES string of the molecule is CC(C)(C)OC(=O)N1[C@H]2CC[C@H](C(=O)C2)[C@H]1C(=O)N1CC2(C1)CN(c1c(C(F)(F)F)cnc3sc(CC(F)(F)F)cc13)C2. The van der Waals surface area contributed by atoms with Gasteiger partial charge in [-0.25, -0.2) is 9.78 Å². The van der Waals surface area contributed by atoms with Gasteiger partial charge in [-0.2, -0.15) is 26.3 Å². The molecule has 2 aromatic rings. The van der Waals surface area contributed by atoms with Gasteiger partial charge in [-0.15, -0.1) is 11.3 Å². The number of nitrogens with zero attached hydrogens (tertiary/aromatic N) is 4. The Morgan fingerprint density at radius 3 is 2.33 bits per heavy atom. The largest absolute Gasteiger partial charge is 0.444 e. The van der Waals surface area contributed by atoms with E-state index < -0.39 is 59.4 Å². The van der Waals surface area contributed by atoms with Crippen LogP contribution in [0.2, 0.25) is 0 Å². The highest BCUT2D eigenvalue weighted by Gasteiger charge is 2.59. The van der Waals surface area contributed by atoms with Gasteiger partial charge >= 0.3 is 18.4 Å². The van der Waals surface area contributed by atoms with Gasteiger partial charge in [0.15, 0.2) is 0 Å². The lowest BCUT2D eigenvalue weighted by atomic mass is 9.70. The number of thiophene rings is 1. The number of carbonyl (C=O) groups excluding carboxylic acids is 3. The van der Waals surface area contributed by atoms with Gasteiger partial charge in [0.2, 0.25) is 5.91 Å². The summed E-state index contributed by atoms with van der Waals surface area (Å²) in [5.74, 6) is -1.08. The van der Waals surface area contributed by atoms with Crippen LogP contribution in [0.4, 0.5) is 36.8 Å². The summed E-state index contributed by atoms with van der Waals surface area (Å²) < 4.78 is 86.5. The van der Waals surface area contributed by atoms with Crippen molar-refractivity contribution in [2.45, 2.75) is 76.5 Å². The molecule has 1 saturated carbocycles. The fourth-order valence-corrected chi connectivity index (χ4v) is 8.00. The molecule has 15 heteroatoms. The number of likely N-dealkylation sites (tertiary alicyclic amines) is 1. The van der Waals surface area contributed by atoms with Crippen molar-refractivity contribution in [1.29, 1.82) is 0 Å². The van der Waals surface area contributed by atoms with Gasteiger partial charge in [0.05, 0.1) is 17.7 Å². The number of amides is 2. The van der Waals surface area contributed by atoms with E-state index in [0.717, 1.165) is 6.07 Å². The van der Waals surface area contributed by atoms with Crippen molar-refractivity contribution in [2.75, 3.05) is 31.1 Å². The van der Waals surface area contributed by atoms with Gasteiger partial charge in [-0.1, -0.05) is 0 Å². The van der Waals surface area contributed by atoms with E-state index in [-0.39, 0.29) is 65.1 Å². The minimum Gasteiger partial charge on any atom is -0.444 e. The van der Waals surface area contributed by atoms with E-state index in [2.05, 4.69) is 4.98 Å². The first-order valence-corrected chi connectivity index (χ1v) is 14.8. The molecule has 5 fully saturated rings. The van der Waals surface area contributed by atoms with Crippen LogP contribution in [0.15, 0.2) is 12.3 Å². The number of alkyl halides is 6. The third kappa shape index (κ3) is 5.42. The lowest BCUT2D eigenvalue weighted by molar-refractivity contribution is -0.163. The Bertz CT molecular complexity index is 1480. The van der Waals surface area contributed by atoms with Crippen molar-refractivity contribution in [3.05, 3.63) is 22.7 Å². The number of hydrogen-bond donors (Lipinski definition) is 0. The standard InChI is InChI=1S/C28H30F6N4O4S/c1-25(2,3)42-24(41)38-14-4-5-16(19(39)6-14)21(38)23(40)37-12-26(13-37)10-36(11-26)20-17-7-15(8-27(29,30)31)43-22(17)35-9-18(20)28(32,33)34/h7,9,14,16,21H,4-6,8,10-13H2,1-3H3/t14-,16+,21-/m0/s1. The Labute approximate surface area is 246 Å². The maximum Gasteiger partial charge on any atom is 0.419 e. The summed E-state index contributed by atoms with van der Waals surface area (Å²) in [7, 11) is 0. The molecule has 6 heterocycles. The van der Waals surface area contributed by atoms with E-state index in [1.165, 1.54) is 14.7 Å². The van der Waals surface area contributed by atoms with E-state index in [4.69, 9.17) is 4.74 Å². The number of hydrogen-bond acceptors (Lipinski definition) is 7. The van der Waals surface area contributed by atoms with Crippen molar-refractivity contribution < 1.29 is 45.5 Å². The third-order valence-corrected chi connectivity index (χ3v) is 9.63. The maximum atomic E-state index is 14.0. The van der Waals surface area contributed by atoms with Gasteiger partial charge < -0.3 is 14.5 Å². The van der Waals surface area contributed by atoms with Crippen LogP contribution in [-0.4, -0.2) is 82.6 Å². The number of anilines is 1. The summed E-state index contributed by atoms with van der Waals surface area (Å²) in [6.45, 7) is 5.92. The molecule has 1 aliphatic carbocycles. The van der Waals surface area contributed by atoms with Crippen molar-refractivity contribution in [3.8, 4) is 0 Å².